The van der Waals surface area contributed by atoms with Crippen LogP contribution in [0, 0.1) is 0 Å². The van der Waals surface area contributed by atoms with Crippen LogP contribution in [0.2, 0.25) is 5.02 Å². The smallest absolute Gasteiger partial charge is 0.260 e. The van der Waals surface area contributed by atoms with Gasteiger partial charge in [0.05, 0.1) is 5.02 Å². The zero-order chi connectivity index (χ0) is 27.5. The van der Waals surface area contributed by atoms with E-state index in [1.165, 1.54) is 28.7 Å². The molecule has 0 saturated heterocycles. The van der Waals surface area contributed by atoms with Gasteiger partial charge in [-0.3, -0.25) is 14.4 Å². The molecule has 17 heteroatoms. The highest BCUT2D eigenvalue weighted by atomic mass is 35.5. The summed E-state index contributed by atoms with van der Waals surface area (Å²) in [7, 11) is 5.13. The molecule has 8 nitrogen and oxygen atoms in total. The zero-order valence-corrected chi connectivity index (χ0v) is 26.5. The first-order valence-electron chi connectivity index (χ1n) is 9.88. The van der Waals surface area contributed by atoms with Crippen LogP contribution in [0.5, 0.6) is 5.75 Å². The number of sulfone groups is 1. The van der Waals surface area contributed by atoms with E-state index in [4.69, 9.17) is 16.3 Å². The molecule has 1 N–H and O–H groups in total. The van der Waals surface area contributed by atoms with Crippen LogP contribution in [0.1, 0.15) is 31.7 Å². The summed E-state index contributed by atoms with van der Waals surface area (Å²) in [6, 6.07) is 2.34. The number of nitrogens with zero attached hydrogens (tertiary/aromatic N) is 1. The Bertz CT molecular complexity index is 1350. The standard InChI is InChI=1S/C19H22ClNO7S.S7/c1-4-21(2)15(24)10-28-19-14(29(3,26)27)9-8-11(17(19)20)18(25)16-12(22)6-5-7-13(16)23;1-3-5-7-6-4-2/h8-9,25H,4-7,10H2,1-3H3;. The van der Waals surface area contributed by atoms with Crippen molar-refractivity contribution in [1.82, 2.24) is 4.90 Å². The Balaban J connectivity index is 0.000000809. The second-order valence-electron chi connectivity index (χ2n) is 6.99. The number of carbonyl (C=O) groups is 3. The van der Waals surface area contributed by atoms with E-state index in [9.17, 15) is 27.9 Å². The van der Waals surface area contributed by atoms with Crippen LogP contribution in [0.4, 0.5) is 0 Å². The van der Waals surface area contributed by atoms with Crippen LogP contribution in [0.15, 0.2) is 22.6 Å². The maximum absolute atomic E-state index is 12.1. The van der Waals surface area contributed by atoms with Gasteiger partial charge in [0.15, 0.2) is 33.8 Å². The number of hydrogen-bond acceptors (Lipinski definition) is 9. The van der Waals surface area contributed by atoms with E-state index >= 15 is 0 Å². The van der Waals surface area contributed by atoms with Crippen molar-refractivity contribution in [2.45, 2.75) is 31.1 Å². The molecule has 1 aromatic rings. The molecule has 1 aromatic carbocycles. The topological polar surface area (TPSA) is 118 Å². The Labute approximate surface area is 238 Å². The molecule has 0 radical (unpaired) electrons. The molecule has 1 aliphatic carbocycles. The average Bonchev–Trinajstić information content (AvgIpc) is 2.82. The fraction of sp³-hybridized carbons (Fsp3) is 0.421. The van der Waals surface area contributed by atoms with Crippen LogP contribution in [-0.2, 0) is 91.0 Å². The Morgan fingerprint density at radius 2 is 1.69 bits per heavy atom. The minimum Gasteiger partial charge on any atom is -0.506 e. The summed E-state index contributed by atoms with van der Waals surface area (Å²) in [6.07, 6.45) is 1.57. The number of halogens is 1. The lowest BCUT2D eigenvalue weighted by Crippen LogP contribution is -2.31. The predicted octanol–water partition coefficient (Wildman–Crippen LogP) is 2.17. The molecule has 1 fully saturated rings. The number of likely N-dealkylation sites (N-methyl/N-ethyl adjacent to an activating group) is 1. The molecule has 0 unspecified atom stereocenters. The number of hydrogen-bond donors (Lipinski definition) is 1. The summed E-state index contributed by atoms with van der Waals surface area (Å²) in [5.74, 6) is -2.39. The highest BCUT2D eigenvalue weighted by Crippen LogP contribution is 2.39. The minimum absolute atomic E-state index is 0.116. The molecular formula is C19H22ClNO7S8. The molecule has 1 amide bonds. The van der Waals surface area contributed by atoms with E-state index < -0.39 is 39.7 Å². The number of amides is 1. The summed E-state index contributed by atoms with van der Waals surface area (Å²) in [6.45, 7) is 1.70. The number of ketones is 2. The van der Waals surface area contributed by atoms with Crippen molar-refractivity contribution in [2.75, 3.05) is 26.5 Å². The van der Waals surface area contributed by atoms with Crippen molar-refractivity contribution in [1.29, 1.82) is 0 Å². The molecule has 0 atom stereocenters. The second-order valence-corrected chi connectivity index (χ2v) is 18.2. The van der Waals surface area contributed by atoms with E-state index in [2.05, 4.69) is 22.4 Å². The summed E-state index contributed by atoms with van der Waals surface area (Å²) in [4.78, 5) is 37.3. The number of carbonyl (C=O) groups excluding carboxylic acids is 3. The van der Waals surface area contributed by atoms with Gasteiger partial charge >= 0.3 is 0 Å². The highest BCUT2D eigenvalue weighted by Gasteiger charge is 2.30. The first-order valence-corrected chi connectivity index (χ1v) is 20.1. The largest absolute Gasteiger partial charge is 0.506 e. The van der Waals surface area contributed by atoms with Crippen molar-refractivity contribution >= 4 is 111 Å². The lowest BCUT2D eigenvalue weighted by molar-refractivity contribution is -0.132. The Kier molecular flexibility index (Phi) is 14.9. The molecular weight excluding hydrogens is 646 g/mol. The first kappa shape index (κ1) is 33.2. The lowest BCUT2D eigenvalue weighted by Gasteiger charge is -2.19. The zero-order valence-electron chi connectivity index (χ0n) is 19.2. The van der Waals surface area contributed by atoms with Crippen LogP contribution < -0.4 is 4.74 Å². The third-order valence-electron chi connectivity index (χ3n) is 4.67. The Hall–Kier alpha value is -0.850. The van der Waals surface area contributed by atoms with Crippen molar-refractivity contribution in [3.63, 3.8) is 0 Å². The number of aliphatic hydroxyl groups excluding tert-OH is 1. The summed E-state index contributed by atoms with van der Waals surface area (Å²) in [5, 5.41) is 10.3. The maximum atomic E-state index is 12.1. The van der Waals surface area contributed by atoms with Gasteiger partial charge in [-0.15, -0.1) is 0 Å². The van der Waals surface area contributed by atoms with Crippen molar-refractivity contribution in [3.05, 3.63) is 28.3 Å². The van der Waals surface area contributed by atoms with Gasteiger partial charge in [0.1, 0.15) is 16.2 Å². The van der Waals surface area contributed by atoms with E-state index in [1.807, 2.05) is 0 Å². The number of Topliss-reactive ketones (excluding diaryl/α,β-unsaturated/α-hetero) is 2. The van der Waals surface area contributed by atoms with Gasteiger partial charge in [0.2, 0.25) is 0 Å². The van der Waals surface area contributed by atoms with Crippen LogP contribution in [0.25, 0.3) is 5.76 Å². The van der Waals surface area contributed by atoms with Gasteiger partial charge in [-0.25, -0.2) is 8.42 Å². The normalized spacial score (nSPS) is 13.1. The predicted molar refractivity (Wildman–Crippen MR) is 158 cm³/mol. The highest BCUT2D eigenvalue weighted by molar-refractivity contribution is 8.68. The minimum atomic E-state index is -3.78. The summed E-state index contributed by atoms with van der Waals surface area (Å²) >= 11 is 15.4. The van der Waals surface area contributed by atoms with Gasteiger partial charge in [0.25, 0.3) is 5.91 Å². The lowest BCUT2D eigenvalue weighted by atomic mass is 9.90. The fourth-order valence-corrected chi connectivity index (χ4v) is 12.2. The molecule has 1 aliphatic rings. The number of ether oxygens (including phenoxy) is 1. The number of aliphatic hydroxyl groups is 1. The SMILES string of the molecule is CCN(C)C(=O)COc1c(S(C)(=O)=O)ccc(C(O)=C2C(=O)CCCC2=O)c1Cl.S=S=S=S=S=S=S. The number of rotatable bonds is 6. The molecule has 0 spiro atoms. The Morgan fingerprint density at radius 3 is 2.17 bits per heavy atom. The van der Waals surface area contributed by atoms with Crippen LogP contribution in [-0.4, -0.2) is 62.4 Å². The van der Waals surface area contributed by atoms with Gasteiger partial charge in [0, 0.05) is 105 Å². The monoisotopic (exact) mass is 667 g/mol. The van der Waals surface area contributed by atoms with E-state index in [0.29, 0.717) is 13.0 Å². The van der Waals surface area contributed by atoms with E-state index in [-0.39, 0.29) is 39.6 Å². The third-order valence-corrected chi connectivity index (χ3v) is 15.1. The molecule has 2 rings (SSSR count). The summed E-state index contributed by atoms with van der Waals surface area (Å²) in [5.41, 5.74) is -0.484. The van der Waals surface area contributed by atoms with E-state index in [1.54, 1.807) is 40.6 Å². The van der Waals surface area contributed by atoms with E-state index in [0.717, 1.165) is 12.3 Å². The molecule has 0 aliphatic heterocycles. The molecule has 36 heavy (non-hydrogen) atoms. The molecule has 200 valence electrons. The van der Waals surface area contributed by atoms with Crippen molar-refractivity contribution in [2.24, 2.45) is 0 Å². The maximum Gasteiger partial charge on any atom is 0.260 e. The molecule has 0 bridgehead atoms. The average molecular weight is 668 g/mol. The van der Waals surface area contributed by atoms with Crippen molar-refractivity contribution in [3.8, 4) is 5.75 Å². The quantitative estimate of drug-likeness (QED) is 0.277. The third kappa shape index (κ3) is 9.79. The second kappa shape index (κ2) is 16.2. The molecule has 0 heterocycles. The van der Waals surface area contributed by atoms with Gasteiger partial charge in [-0.05, 0) is 25.5 Å². The Morgan fingerprint density at radius 1 is 1.14 bits per heavy atom. The van der Waals surface area contributed by atoms with Gasteiger partial charge in [-0.2, -0.15) is 0 Å². The molecule has 0 aromatic heterocycles. The fourth-order valence-electron chi connectivity index (χ4n) is 2.82. The first-order chi connectivity index (χ1) is 16.9. The summed E-state index contributed by atoms with van der Waals surface area (Å²) < 4.78 is 29.6. The molecule has 1 saturated carbocycles. The van der Waals surface area contributed by atoms with Gasteiger partial charge in [-0.1, -0.05) is 11.6 Å². The number of benzene rings is 1. The van der Waals surface area contributed by atoms with Gasteiger partial charge < -0.3 is 14.7 Å². The van der Waals surface area contributed by atoms with Crippen LogP contribution in [0.3, 0.4) is 0 Å². The van der Waals surface area contributed by atoms with Crippen LogP contribution >= 0.6 is 11.6 Å². The van der Waals surface area contributed by atoms with Crippen molar-refractivity contribution < 1.29 is 32.6 Å². The number of allylic oxidation sites excluding steroid dienone is 1.